The van der Waals surface area contributed by atoms with Crippen molar-refractivity contribution in [3.05, 3.63) is 28.3 Å². The van der Waals surface area contributed by atoms with E-state index in [4.69, 9.17) is 9.47 Å². The van der Waals surface area contributed by atoms with Crippen LogP contribution in [0.3, 0.4) is 0 Å². The molecular weight excluding hydrogens is 226 g/mol. The van der Waals surface area contributed by atoms with Gasteiger partial charge in [0, 0.05) is 6.04 Å². The van der Waals surface area contributed by atoms with E-state index in [1.807, 2.05) is 0 Å². The van der Waals surface area contributed by atoms with Crippen molar-refractivity contribution in [3.63, 3.8) is 0 Å². The molecule has 1 saturated heterocycles. The average Bonchev–Trinajstić information content (AvgIpc) is 2.34. The van der Waals surface area contributed by atoms with E-state index in [0.717, 1.165) is 19.0 Å². The third-order valence-electron chi connectivity index (χ3n) is 3.78. The highest BCUT2D eigenvalue weighted by molar-refractivity contribution is 5.50. The van der Waals surface area contributed by atoms with Gasteiger partial charge < -0.3 is 14.8 Å². The molecule has 100 valence electrons. The second-order valence-corrected chi connectivity index (χ2v) is 5.22. The molecule has 1 aromatic carbocycles. The predicted octanol–water partition coefficient (Wildman–Crippen LogP) is 2.67. The summed E-state index contributed by atoms with van der Waals surface area (Å²) >= 11 is 0. The number of benzene rings is 1. The van der Waals surface area contributed by atoms with E-state index >= 15 is 0 Å². The Morgan fingerprint density at radius 1 is 1.22 bits per heavy atom. The Balaban J connectivity index is 2.39. The number of hydrogen-bond acceptors (Lipinski definition) is 3. The third-order valence-corrected chi connectivity index (χ3v) is 3.78. The molecule has 2 rings (SSSR count). The summed E-state index contributed by atoms with van der Waals surface area (Å²) in [5.74, 6) is 1.00. The van der Waals surface area contributed by atoms with Crippen LogP contribution in [0.4, 0.5) is 0 Å². The van der Waals surface area contributed by atoms with E-state index in [2.05, 4.69) is 39.1 Å². The average molecular weight is 249 g/mol. The molecule has 0 aromatic heterocycles. The zero-order valence-corrected chi connectivity index (χ0v) is 12.0. The Labute approximate surface area is 109 Å². The summed E-state index contributed by atoms with van der Waals surface area (Å²) in [6, 6.07) is 2.92. The van der Waals surface area contributed by atoms with E-state index < -0.39 is 0 Å². The van der Waals surface area contributed by atoms with E-state index in [0.29, 0.717) is 6.04 Å². The molecule has 0 radical (unpaired) electrons. The summed E-state index contributed by atoms with van der Waals surface area (Å²) in [4.78, 5) is 0. The fraction of sp³-hybridized carbons (Fsp3) is 0.600. The number of morpholine rings is 1. The molecular formula is C15H23NO2. The van der Waals surface area contributed by atoms with Crippen molar-refractivity contribution >= 4 is 0 Å². The normalized spacial score (nSPS) is 24.1. The molecule has 1 aliphatic rings. The van der Waals surface area contributed by atoms with Gasteiger partial charge in [-0.05, 0) is 49.9 Å². The maximum Gasteiger partial charge on any atom is 0.124 e. The zero-order valence-electron chi connectivity index (χ0n) is 12.0. The second kappa shape index (κ2) is 5.29. The van der Waals surface area contributed by atoms with Gasteiger partial charge in [-0.1, -0.05) is 6.07 Å². The Bertz CT molecular complexity index is 443. The Kier molecular flexibility index (Phi) is 3.93. The SMILES string of the molecule is COc1c(C)cc(C2COCC(C)N2)c(C)c1C. The van der Waals surface area contributed by atoms with Gasteiger partial charge in [-0.3, -0.25) is 0 Å². The van der Waals surface area contributed by atoms with Crippen molar-refractivity contribution in [2.24, 2.45) is 0 Å². The van der Waals surface area contributed by atoms with Gasteiger partial charge in [0.25, 0.3) is 0 Å². The first-order valence-corrected chi connectivity index (χ1v) is 6.53. The highest BCUT2D eigenvalue weighted by Crippen LogP contribution is 2.32. The largest absolute Gasteiger partial charge is 0.496 e. The van der Waals surface area contributed by atoms with Crippen LogP contribution < -0.4 is 10.1 Å². The van der Waals surface area contributed by atoms with Crippen molar-refractivity contribution in [1.29, 1.82) is 0 Å². The fourth-order valence-electron chi connectivity index (χ4n) is 2.75. The van der Waals surface area contributed by atoms with Gasteiger partial charge in [-0.25, -0.2) is 0 Å². The standard InChI is InChI=1S/C15H23NO2/c1-9-6-13(11(3)12(4)15(9)17-5)14-8-18-7-10(2)16-14/h6,10,14,16H,7-8H2,1-5H3. The van der Waals surface area contributed by atoms with Gasteiger partial charge in [-0.15, -0.1) is 0 Å². The monoisotopic (exact) mass is 249 g/mol. The number of aryl methyl sites for hydroxylation is 1. The van der Waals surface area contributed by atoms with Crippen LogP contribution in [0.2, 0.25) is 0 Å². The summed E-state index contributed by atoms with van der Waals surface area (Å²) in [5, 5.41) is 3.60. The smallest absolute Gasteiger partial charge is 0.124 e. The molecule has 0 amide bonds. The van der Waals surface area contributed by atoms with Crippen LogP contribution in [0.25, 0.3) is 0 Å². The minimum atomic E-state index is 0.289. The lowest BCUT2D eigenvalue weighted by Crippen LogP contribution is -2.42. The molecule has 2 atom stereocenters. The molecule has 3 heteroatoms. The van der Waals surface area contributed by atoms with Gasteiger partial charge >= 0.3 is 0 Å². The van der Waals surface area contributed by atoms with Gasteiger partial charge in [0.15, 0.2) is 0 Å². The van der Waals surface area contributed by atoms with E-state index in [1.54, 1.807) is 7.11 Å². The maximum atomic E-state index is 5.65. The molecule has 0 aliphatic carbocycles. The minimum Gasteiger partial charge on any atom is -0.496 e. The molecule has 2 unspecified atom stereocenters. The van der Waals surface area contributed by atoms with Crippen molar-refractivity contribution in [1.82, 2.24) is 5.32 Å². The minimum absolute atomic E-state index is 0.289. The first-order chi connectivity index (χ1) is 8.54. The Hall–Kier alpha value is -1.06. The summed E-state index contributed by atoms with van der Waals surface area (Å²) in [6.45, 7) is 10.1. The topological polar surface area (TPSA) is 30.5 Å². The summed E-state index contributed by atoms with van der Waals surface area (Å²) < 4.78 is 11.1. The summed E-state index contributed by atoms with van der Waals surface area (Å²) in [5.41, 5.74) is 5.05. The zero-order chi connectivity index (χ0) is 13.3. The van der Waals surface area contributed by atoms with Gasteiger partial charge in [0.2, 0.25) is 0 Å². The molecule has 1 aliphatic heterocycles. The number of hydrogen-bond donors (Lipinski definition) is 1. The van der Waals surface area contributed by atoms with Crippen LogP contribution in [0.15, 0.2) is 6.07 Å². The molecule has 18 heavy (non-hydrogen) atoms. The van der Waals surface area contributed by atoms with Crippen LogP contribution in [0.1, 0.15) is 35.2 Å². The molecule has 1 heterocycles. The first-order valence-electron chi connectivity index (χ1n) is 6.53. The first kappa shape index (κ1) is 13.4. The number of ether oxygens (including phenoxy) is 2. The maximum absolute atomic E-state index is 5.65. The van der Waals surface area contributed by atoms with Gasteiger partial charge in [-0.2, -0.15) is 0 Å². The second-order valence-electron chi connectivity index (χ2n) is 5.22. The fourth-order valence-corrected chi connectivity index (χ4v) is 2.75. The molecule has 0 bridgehead atoms. The number of methoxy groups -OCH3 is 1. The van der Waals surface area contributed by atoms with Crippen molar-refractivity contribution < 1.29 is 9.47 Å². The molecule has 1 aromatic rings. The van der Waals surface area contributed by atoms with Crippen LogP contribution >= 0.6 is 0 Å². The third kappa shape index (κ3) is 2.38. The summed E-state index contributed by atoms with van der Waals surface area (Å²) in [7, 11) is 1.73. The molecule has 1 N–H and O–H groups in total. The van der Waals surface area contributed by atoms with Crippen LogP contribution in [-0.4, -0.2) is 26.4 Å². The van der Waals surface area contributed by atoms with Gasteiger partial charge in [0.05, 0.1) is 26.4 Å². The molecule has 3 nitrogen and oxygen atoms in total. The van der Waals surface area contributed by atoms with Crippen molar-refractivity contribution in [2.45, 2.75) is 39.8 Å². The highest BCUT2D eigenvalue weighted by atomic mass is 16.5. The van der Waals surface area contributed by atoms with E-state index in [1.165, 1.54) is 22.3 Å². The van der Waals surface area contributed by atoms with Crippen LogP contribution in [-0.2, 0) is 4.74 Å². The van der Waals surface area contributed by atoms with E-state index in [9.17, 15) is 0 Å². The van der Waals surface area contributed by atoms with Crippen molar-refractivity contribution in [3.8, 4) is 5.75 Å². The van der Waals surface area contributed by atoms with Crippen LogP contribution in [0, 0.1) is 20.8 Å². The van der Waals surface area contributed by atoms with Gasteiger partial charge in [0.1, 0.15) is 5.75 Å². The quantitative estimate of drug-likeness (QED) is 0.874. The van der Waals surface area contributed by atoms with E-state index in [-0.39, 0.29) is 6.04 Å². The highest BCUT2D eigenvalue weighted by Gasteiger charge is 2.23. The Morgan fingerprint density at radius 2 is 1.94 bits per heavy atom. The Morgan fingerprint density at radius 3 is 2.56 bits per heavy atom. The van der Waals surface area contributed by atoms with Crippen molar-refractivity contribution in [2.75, 3.05) is 20.3 Å². The number of nitrogens with one attached hydrogen (secondary N) is 1. The predicted molar refractivity (Wildman–Crippen MR) is 73.4 cm³/mol. The lowest BCUT2D eigenvalue weighted by atomic mass is 9.93. The molecule has 0 saturated carbocycles. The lowest BCUT2D eigenvalue weighted by molar-refractivity contribution is 0.0501. The number of rotatable bonds is 2. The molecule has 0 spiro atoms. The lowest BCUT2D eigenvalue weighted by Gasteiger charge is -2.31. The summed E-state index contributed by atoms with van der Waals surface area (Å²) in [6.07, 6.45) is 0. The molecule has 1 fully saturated rings. The van der Waals surface area contributed by atoms with Crippen LogP contribution in [0.5, 0.6) is 5.75 Å².